The summed E-state index contributed by atoms with van der Waals surface area (Å²) in [6.45, 7) is 2.67. The number of ether oxygens (including phenoxy) is 1. The zero-order valence-electron chi connectivity index (χ0n) is 10.1. The molecule has 2 rings (SSSR count). The van der Waals surface area contributed by atoms with Gasteiger partial charge in [-0.2, -0.15) is 0 Å². The Morgan fingerprint density at radius 3 is 2.44 bits per heavy atom. The molecule has 0 bridgehead atoms. The van der Waals surface area contributed by atoms with E-state index in [1.54, 1.807) is 0 Å². The van der Waals surface area contributed by atoms with E-state index in [4.69, 9.17) is 16.3 Å². The van der Waals surface area contributed by atoms with Gasteiger partial charge in [-0.15, -0.1) is 0 Å². The predicted octanol–water partition coefficient (Wildman–Crippen LogP) is 5.09. The summed E-state index contributed by atoms with van der Waals surface area (Å²) in [6, 6.07) is 14.1. The fourth-order valence-electron chi connectivity index (χ4n) is 1.76. The molecule has 0 unspecified atom stereocenters. The van der Waals surface area contributed by atoms with Gasteiger partial charge in [-0.05, 0) is 48.7 Å². The molecular weight excluding hydrogens is 312 g/mol. The maximum Gasteiger partial charge on any atom is 0.119 e. The van der Waals surface area contributed by atoms with Crippen LogP contribution in [0.5, 0.6) is 5.75 Å². The van der Waals surface area contributed by atoms with Crippen LogP contribution in [0.15, 0.2) is 46.9 Å². The lowest BCUT2D eigenvalue weighted by atomic mass is 10.1. The second kappa shape index (κ2) is 6.26. The highest BCUT2D eigenvalue weighted by molar-refractivity contribution is 9.10. The van der Waals surface area contributed by atoms with Crippen molar-refractivity contribution in [3.63, 3.8) is 0 Å². The van der Waals surface area contributed by atoms with Crippen molar-refractivity contribution in [3.05, 3.63) is 63.1 Å². The van der Waals surface area contributed by atoms with Gasteiger partial charge >= 0.3 is 0 Å². The number of rotatable bonds is 4. The Hall–Kier alpha value is -0.990. The van der Waals surface area contributed by atoms with E-state index in [0.717, 1.165) is 27.2 Å². The van der Waals surface area contributed by atoms with E-state index < -0.39 is 0 Å². The van der Waals surface area contributed by atoms with E-state index in [1.807, 2.05) is 37.3 Å². The van der Waals surface area contributed by atoms with Crippen molar-refractivity contribution in [2.24, 2.45) is 0 Å². The van der Waals surface area contributed by atoms with Gasteiger partial charge in [0, 0.05) is 9.50 Å². The molecular formula is C15H14BrClO. The van der Waals surface area contributed by atoms with E-state index in [0.29, 0.717) is 6.61 Å². The molecule has 0 fully saturated rings. The highest BCUT2D eigenvalue weighted by atomic mass is 79.9. The summed E-state index contributed by atoms with van der Waals surface area (Å²) in [6.07, 6.45) is 0.832. The van der Waals surface area contributed by atoms with Crippen molar-refractivity contribution in [1.82, 2.24) is 0 Å². The summed E-state index contributed by atoms with van der Waals surface area (Å²) < 4.78 is 6.42. The van der Waals surface area contributed by atoms with Crippen molar-refractivity contribution >= 4 is 27.5 Å². The molecule has 2 aromatic rings. The van der Waals surface area contributed by atoms with Gasteiger partial charge in [0.15, 0.2) is 0 Å². The van der Waals surface area contributed by atoms with Crippen LogP contribution in [-0.2, 0) is 6.42 Å². The Labute approximate surface area is 121 Å². The highest BCUT2D eigenvalue weighted by Crippen LogP contribution is 2.24. The summed E-state index contributed by atoms with van der Waals surface area (Å²) in [5.74, 6) is 0.906. The summed E-state index contributed by atoms with van der Waals surface area (Å²) in [4.78, 5) is 0. The zero-order chi connectivity index (χ0) is 13.0. The van der Waals surface area contributed by atoms with Gasteiger partial charge in [-0.1, -0.05) is 45.7 Å². The molecule has 0 radical (unpaired) electrons. The largest absolute Gasteiger partial charge is 0.494 e. The van der Waals surface area contributed by atoms with E-state index in [1.165, 1.54) is 5.56 Å². The monoisotopic (exact) mass is 324 g/mol. The van der Waals surface area contributed by atoms with Gasteiger partial charge < -0.3 is 4.74 Å². The smallest absolute Gasteiger partial charge is 0.119 e. The molecule has 0 saturated carbocycles. The van der Waals surface area contributed by atoms with Crippen LogP contribution in [0.2, 0.25) is 5.02 Å². The van der Waals surface area contributed by atoms with Gasteiger partial charge in [0.25, 0.3) is 0 Å². The fourth-order valence-corrected chi connectivity index (χ4v) is 2.50. The van der Waals surface area contributed by atoms with Gasteiger partial charge in [-0.3, -0.25) is 0 Å². The van der Waals surface area contributed by atoms with Crippen LogP contribution in [0.1, 0.15) is 18.1 Å². The summed E-state index contributed by atoms with van der Waals surface area (Å²) >= 11 is 9.61. The molecule has 0 aromatic heterocycles. The Morgan fingerprint density at radius 2 is 1.83 bits per heavy atom. The molecule has 0 aliphatic heterocycles. The third-order valence-corrected chi connectivity index (χ3v) is 3.49. The first kappa shape index (κ1) is 13.4. The van der Waals surface area contributed by atoms with Crippen molar-refractivity contribution in [2.75, 3.05) is 6.61 Å². The van der Waals surface area contributed by atoms with Crippen molar-refractivity contribution in [3.8, 4) is 5.75 Å². The zero-order valence-corrected chi connectivity index (χ0v) is 12.5. The van der Waals surface area contributed by atoms with Crippen molar-refractivity contribution in [2.45, 2.75) is 13.3 Å². The van der Waals surface area contributed by atoms with Crippen LogP contribution < -0.4 is 4.74 Å². The molecule has 0 aliphatic rings. The fraction of sp³-hybridized carbons (Fsp3) is 0.200. The van der Waals surface area contributed by atoms with Crippen LogP contribution in [-0.4, -0.2) is 6.61 Å². The van der Waals surface area contributed by atoms with E-state index >= 15 is 0 Å². The quantitative estimate of drug-likeness (QED) is 0.760. The summed E-state index contributed by atoms with van der Waals surface area (Å²) in [5.41, 5.74) is 2.35. The minimum atomic E-state index is 0.692. The molecule has 2 aromatic carbocycles. The molecule has 0 amide bonds. The third kappa shape index (κ3) is 3.50. The molecule has 0 atom stereocenters. The minimum absolute atomic E-state index is 0.692. The van der Waals surface area contributed by atoms with Crippen LogP contribution in [0.25, 0.3) is 0 Å². The molecule has 3 heteroatoms. The topological polar surface area (TPSA) is 9.23 Å². The van der Waals surface area contributed by atoms with Gasteiger partial charge in [0.1, 0.15) is 5.75 Å². The Bertz CT molecular complexity index is 523. The molecule has 94 valence electrons. The number of benzene rings is 2. The average molecular weight is 326 g/mol. The Kier molecular flexibility index (Phi) is 4.67. The van der Waals surface area contributed by atoms with Crippen LogP contribution in [0.4, 0.5) is 0 Å². The van der Waals surface area contributed by atoms with Crippen molar-refractivity contribution < 1.29 is 4.74 Å². The number of hydrogen-bond donors (Lipinski definition) is 0. The van der Waals surface area contributed by atoms with Crippen LogP contribution >= 0.6 is 27.5 Å². The lowest BCUT2D eigenvalue weighted by molar-refractivity contribution is 0.340. The molecule has 0 spiro atoms. The maximum absolute atomic E-state index is 6.21. The molecule has 0 heterocycles. The molecule has 0 aliphatic carbocycles. The van der Waals surface area contributed by atoms with Crippen LogP contribution in [0.3, 0.4) is 0 Å². The first-order valence-electron chi connectivity index (χ1n) is 5.84. The van der Waals surface area contributed by atoms with Gasteiger partial charge in [0.2, 0.25) is 0 Å². The lowest BCUT2D eigenvalue weighted by Gasteiger charge is -2.07. The number of hydrogen-bond acceptors (Lipinski definition) is 1. The van der Waals surface area contributed by atoms with Gasteiger partial charge in [0.05, 0.1) is 6.61 Å². The van der Waals surface area contributed by atoms with E-state index in [9.17, 15) is 0 Å². The van der Waals surface area contributed by atoms with E-state index in [2.05, 4.69) is 28.1 Å². The molecule has 1 nitrogen and oxygen atoms in total. The van der Waals surface area contributed by atoms with E-state index in [-0.39, 0.29) is 0 Å². The summed E-state index contributed by atoms with van der Waals surface area (Å²) in [7, 11) is 0. The first-order chi connectivity index (χ1) is 8.69. The van der Waals surface area contributed by atoms with Crippen molar-refractivity contribution in [1.29, 1.82) is 0 Å². The molecule has 0 saturated heterocycles. The third-order valence-electron chi connectivity index (χ3n) is 2.64. The van der Waals surface area contributed by atoms with Crippen LogP contribution in [0, 0.1) is 0 Å². The summed E-state index contributed by atoms with van der Waals surface area (Å²) in [5, 5.41) is 0.790. The Balaban J connectivity index is 2.13. The predicted molar refractivity (Wildman–Crippen MR) is 79.6 cm³/mol. The number of halogens is 2. The first-order valence-corrected chi connectivity index (χ1v) is 7.02. The lowest BCUT2D eigenvalue weighted by Crippen LogP contribution is -1.93. The maximum atomic E-state index is 6.21. The minimum Gasteiger partial charge on any atom is -0.494 e. The standard InChI is InChI=1S/C15H14BrClO/c1-2-18-14-7-3-11(4-8-14)9-12-5-6-13(16)10-15(12)17/h3-8,10H,2,9H2,1H3. The SMILES string of the molecule is CCOc1ccc(Cc2ccc(Br)cc2Cl)cc1. The average Bonchev–Trinajstić information content (AvgIpc) is 2.35. The Morgan fingerprint density at radius 1 is 1.11 bits per heavy atom. The second-order valence-corrected chi connectivity index (χ2v) is 5.31. The second-order valence-electron chi connectivity index (χ2n) is 3.99. The normalized spacial score (nSPS) is 10.4. The highest BCUT2D eigenvalue weighted by Gasteiger charge is 2.03. The van der Waals surface area contributed by atoms with Gasteiger partial charge in [-0.25, -0.2) is 0 Å². The molecule has 18 heavy (non-hydrogen) atoms. The molecule has 0 N–H and O–H groups in total.